The first-order chi connectivity index (χ1) is 13.5. The summed E-state index contributed by atoms with van der Waals surface area (Å²) in [5, 5.41) is 9.75. The standard InChI is InChI=1S/C20H25BrN4O3/c1-4-28-20(26)19-14-11-18(27-3)15(21)12-16(14)23(2)17(19)13-25-9-7-24(6-5-22)8-10-25/h11-12H,4,6-10,13H2,1-3H3/p+2. The van der Waals surface area contributed by atoms with Crippen molar-refractivity contribution in [1.82, 2.24) is 4.57 Å². The van der Waals surface area contributed by atoms with E-state index < -0.39 is 0 Å². The van der Waals surface area contributed by atoms with E-state index in [0.29, 0.717) is 24.5 Å². The Morgan fingerprint density at radius 1 is 1.29 bits per heavy atom. The number of piperazine rings is 1. The maximum atomic E-state index is 12.8. The van der Waals surface area contributed by atoms with Crippen molar-refractivity contribution in [3.63, 3.8) is 0 Å². The van der Waals surface area contributed by atoms with Crippen molar-refractivity contribution in [2.24, 2.45) is 7.05 Å². The summed E-state index contributed by atoms with van der Waals surface area (Å²) < 4.78 is 13.8. The van der Waals surface area contributed by atoms with Crippen LogP contribution in [0.5, 0.6) is 5.75 Å². The lowest BCUT2D eigenvalue weighted by Gasteiger charge is -2.28. The van der Waals surface area contributed by atoms with Crippen molar-refractivity contribution in [2.75, 3.05) is 46.4 Å². The smallest absolute Gasteiger partial charge is 0.340 e. The van der Waals surface area contributed by atoms with Crippen LogP contribution in [-0.2, 0) is 18.3 Å². The Hall–Kier alpha value is -2.08. The highest BCUT2D eigenvalue weighted by molar-refractivity contribution is 9.10. The normalized spacial score (nSPS) is 19.4. The number of methoxy groups -OCH3 is 1. The molecule has 0 saturated carbocycles. The lowest BCUT2D eigenvalue weighted by Crippen LogP contribution is -3.27. The second-order valence-electron chi connectivity index (χ2n) is 7.12. The van der Waals surface area contributed by atoms with Crippen molar-refractivity contribution >= 4 is 32.8 Å². The molecule has 0 spiro atoms. The second-order valence-corrected chi connectivity index (χ2v) is 7.97. The van der Waals surface area contributed by atoms with Gasteiger partial charge in [-0.25, -0.2) is 4.79 Å². The zero-order valence-corrected chi connectivity index (χ0v) is 18.2. The molecule has 0 aliphatic carbocycles. The number of benzene rings is 1. The molecule has 1 aromatic carbocycles. The van der Waals surface area contributed by atoms with E-state index in [4.69, 9.17) is 14.7 Å². The van der Waals surface area contributed by atoms with Gasteiger partial charge in [-0.2, -0.15) is 5.26 Å². The third-order valence-corrected chi connectivity index (χ3v) is 6.10. The first-order valence-corrected chi connectivity index (χ1v) is 10.3. The minimum absolute atomic E-state index is 0.291. The summed E-state index contributed by atoms with van der Waals surface area (Å²) in [5.41, 5.74) is 2.58. The molecule has 1 aromatic heterocycles. The predicted octanol–water partition coefficient (Wildman–Crippen LogP) is -0.0669. The molecule has 0 unspecified atom stereocenters. The molecule has 1 fully saturated rings. The van der Waals surface area contributed by atoms with E-state index in [1.54, 1.807) is 7.11 Å². The zero-order chi connectivity index (χ0) is 20.3. The van der Waals surface area contributed by atoms with Gasteiger partial charge in [-0.1, -0.05) is 0 Å². The van der Waals surface area contributed by atoms with Crippen molar-refractivity contribution in [3.05, 3.63) is 27.9 Å². The van der Waals surface area contributed by atoms with Crippen molar-refractivity contribution in [3.8, 4) is 11.8 Å². The number of rotatable bonds is 6. The Morgan fingerprint density at radius 3 is 2.57 bits per heavy atom. The molecule has 7 nitrogen and oxygen atoms in total. The van der Waals surface area contributed by atoms with Gasteiger partial charge in [-0.15, -0.1) is 0 Å². The SMILES string of the molecule is CCOC(=O)c1c(C[NH+]2CC[NH+](CC#N)CC2)n(C)c2cc(Br)c(OC)cc12. The molecule has 3 rings (SSSR count). The molecule has 0 bridgehead atoms. The zero-order valence-electron chi connectivity index (χ0n) is 16.6. The number of aryl methyl sites for hydroxylation is 1. The maximum Gasteiger partial charge on any atom is 0.340 e. The quantitative estimate of drug-likeness (QED) is 0.477. The number of nitriles is 1. The minimum atomic E-state index is -0.291. The first kappa shape index (κ1) is 20.6. The molecule has 1 aliphatic rings. The average molecular weight is 451 g/mol. The van der Waals surface area contributed by atoms with Gasteiger partial charge in [0.05, 0.1) is 35.0 Å². The van der Waals surface area contributed by atoms with Crippen LogP contribution in [0.25, 0.3) is 10.9 Å². The molecular weight excluding hydrogens is 424 g/mol. The number of quaternary nitrogens is 2. The van der Waals surface area contributed by atoms with E-state index in [-0.39, 0.29) is 5.97 Å². The summed E-state index contributed by atoms with van der Waals surface area (Å²) in [6, 6.07) is 6.15. The summed E-state index contributed by atoms with van der Waals surface area (Å²) >= 11 is 3.54. The number of ether oxygens (including phenoxy) is 2. The van der Waals surface area contributed by atoms with Gasteiger partial charge in [0.1, 0.15) is 44.5 Å². The summed E-state index contributed by atoms with van der Waals surface area (Å²) in [5.74, 6) is 0.400. The fraction of sp³-hybridized carbons (Fsp3) is 0.500. The van der Waals surface area contributed by atoms with Crippen molar-refractivity contribution in [2.45, 2.75) is 13.5 Å². The summed E-state index contributed by atoms with van der Waals surface area (Å²) in [6.07, 6.45) is 0. The third kappa shape index (κ3) is 4.02. The van der Waals surface area contributed by atoms with E-state index in [9.17, 15) is 4.79 Å². The molecule has 2 heterocycles. The molecule has 2 aromatic rings. The monoisotopic (exact) mass is 450 g/mol. The highest BCUT2D eigenvalue weighted by atomic mass is 79.9. The number of hydrogen-bond donors (Lipinski definition) is 2. The first-order valence-electron chi connectivity index (χ1n) is 9.56. The Bertz CT molecular complexity index is 911. The van der Waals surface area contributed by atoms with Gasteiger partial charge in [-0.3, -0.25) is 0 Å². The lowest BCUT2D eigenvalue weighted by atomic mass is 10.1. The Kier molecular flexibility index (Phi) is 6.60. The number of nitrogens with zero attached hydrogens (tertiary/aromatic N) is 2. The van der Waals surface area contributed by atoms with Crippen LogP contribution in [0.3, 0.4) is 0 Å². The molecule has 1 saturated heterocycles. The van der Waals surface area contributed by atoms with Gasteiger partial charge in [0, 0.05) is 12.4 Å². The van der Waals surface area contributed by atoms with Gasteiger partial charge in [-0.05, 0) is 35.0 Å². The van der Waals surface area contributed by atoms with E-state index in [0.717, 1.165) is 53.8 Å². The van der Waals surface area contributed by atoms with E-state index in [1.165, 1.54) is 9.80 Å². The largest absolute Gasteiger partial charge is 0.496 e. The number of carbonyl (C=O) groups is 1. The highest BCUT2D eigenvalue weighted by Gasteiger charge is 2.29. The average Bonchev–Trinajstić information content (AvgIpc) is 2.94. The molecule has 28 heavy (non-hydrogen) atoms. The van der Waals surface area contributed by atoms with Crippen LogP contribution in [0, 0.1) is 11.3 Å². The van der Waals surface area contributed by atoms with Gasteiger partial charge in [0.2, 0.25) is 0 Å². The number of carbonyl (C=O) groups excluding carboxylic acids is 1. The van der Waals surface area contributed by atoms with E-state index in [1.807, 2.05) is 26.1 Å². The second kappa shape index (κ2) is 8.95. The number of esters is 1. The molecule has 0 radical (unpaired) electrons. The summed E-state index contributed by atoms with van der Waals surface area (Å²) in [6.45, 7) is 7.37. The molecule has 0 amide bonds. The molecule has 1 aliphatic heterocycles. The maximum absolute atomic E-state index is 12.8. The van der Waals surface area contributed by atoms with Gasteiger partial charge < -0.3 is 23.8 Å². The number of nitrogens with one attached hydrogen (secondary N) is 2. The topological polar surface area (TPSA) is 73.1 Å². The molecule has 2 N–H and O–H groups in total. The minimum Gasteiger partial charge on any atom is -0.496 e. The van der Waals surface area contributed by atoms with Crippen LogP contribution < -0.4 is 14.5 Å². The fourth-order valence-electron chi connectivity index (χ4n) is 3.94. The fourth-order valence-corrected chi connectivity index (χ4v) is 4.44. The number of fused-ring (bicyclic) bond motifs is 1. The Balaban J connectivity index is 1.98. The number of halogens is 1. The van der Waals surface area contributed by atoms with Crippen molar-refractivity contribution < 1.29 is 24.1 Å². The highest BCUT2D eigenvalue weighted by Crippen LogP contribution is 2.34. The van der Waals surface area contributed by atoms with E-state index in [2.05, 4.69) is 26.6 Å². The van der Waals surface area contributed by atoms with Crippen molar-refractivity contribution in [1.29, 1.82) is 5.26 Å². The van der Waals surface area contributed by atoms with Crippen LogP contribution in [0.4, 0.5) is 0 Å². The summed E-state index contributed by atoms with van der Waals surface area (Å²) in [4.78, 5) is 15.6. The molecule has 150 valence electrons. The molecule has 8 heteroatoms. The third-order valence-electron chi connectivity index (χ3n) is 5.48. The summed E-state index contributed by atoms with van der Waals surface area (Å²) in [7, 11) is 3.61. The van der Waals surface area contributed by atoms with Crippen LogP contribution in [0.15, 0.2) is 16.6 Å². The van der Waals surface area contributed by atoms with Crippen LogP contribution >= 0.6 is 15.9 Å². The Labute approximate surface area is 173 Å². The molecular formula is C20H27BrN4O3+2. The van der Waals surface area contributed by atoms with Gasteiger partial charge >= 0.3 is 5.97 Å². The predicted molar refractivity (Wildman–Crippen MR) is 109 cm³/mol. The van der Waals surface area contributed by atoms with Crippen LogP contribution in [0.1, 0.15) is 23.0 Å². The molecule has 0 atom stereocenters. The Morgan fingerprint density at radius 2 is 1.96 bits per heavy atom. The van der Waals surface area contributed by atoms with Gasteiger partial charge in [0.15, 0.2) is 6.54 Å². The van der Waals surface area contributed by atoms with E-state index >= 15 is 0 Å². The van der Waals surface area contributed by atoms with Crippen LogP contribution in [0.2, 0.25) is 0 Å². The lowest BCUT2D eigenvalue weighted by molar-refractivity contribution is -1.02. The number of aromatic nitrogens is 1. The number of hydrogen-bond acceptors (Lipinski definition) is 4. The van der Waals surface area contributed by atoms with Gasteiger partial charge in [0.25, 0.3) is 0 Å². The van der Waals surface area contributed by atoms with Crippen LogP contribution in [-0.4, -0.2) is 57.0 Å².